The zero-order chi connectivity index (χ0) is 16.7. The number of benzene rings is 2. The maximum Gasteiger partial charge on any atom is 0.165 e. The summed E-state index contributed by atoms with van der Waals surface area (Å²) in [6, 6.07) is 11.1. The minimum absolute atomic E-state index is 0.327. The Morgan fingerprint density at radius 3 is 2.70 bits per heavy atom. The van der Waals surface area contributed by atoms with Crippen LogP contribution in [0, 0.1) is 0 Å². The molecule has 2 aromatic rings. The molecule has 0 unspecified atom stereocenters. The first kappa shape index (κ1) is 16.9. The van der Waals surface area contributed by atoms with Crippen LogP contribution in [0.25, 0.3) is 0 Å². The molecule has 0 atom stereocenters. The number of hydrogen-bond donors (Lipinski definition) is 1. The highest BCUT2D eigenvalue weighted by molar-refractivity contribution is 6.31. The van der Waals surface area contributed by atoms with E-state index in [1.165, 1.54) is 6.21 Å². The van der Waals surface area contributed by atoms with Gasteiger partial charge in [-0.1, -0.05) is 41.0 Å². The average molecular weight is 332 g/mol. The van der Waals surface area contributed by atoms with Crippen molar-refractivity contribution in [2.75, 3.05) is 7.11 Å². The van der Waals surface area contributed by atoms with Crippen molar-refractivity contribution in [3.8, 4) is 11.5 Å². The van der Waals surface area contributed by atoms with Crippen molar-refractivity contribution in [3.63, 3.8) is 0 Å². The van der Waals surface area contributed by atoms with Crippen molar-refractivity contribution in [2.24, 2.45) is 5.16 Å². The van der Waals surface area contributed by atoms with Crippen LogP contribution >= 0.6 is 11.6 Å². The molecule has 0 saturated heterocycles. The summed E-state index contributed by atoms with van der Waals surface area (Å²) in [5, 5.41) is 12.4. The van der Waals surface area contributed by atoms with Gasteiger partial charge < -0.3 is 14.7 Å². The van der Waals surface area contributed by atoms with Crippen LogP contribution < -0.4 is 9.47 Å². The number of hydrogen-bond acceptors (Lipinski definition) is 4. The van der Waals surface area contributed by atoms with Crippen molar-refractivity contribution in [2.45, 2.75) is 13.0 Å². The fraction of sp³-hybridized carbons (Fsp3) is 0.167. The monoisotopic (exact) mass is 331 g/mol. The maximum atomic E-state index is 8.72. The summed E-state index contributed by atoms with van der Waals surface area (Å²) in [6.07, 6.45) is 3.71. The molecule has 0 fully saturated rings. The molecule has 0 saturated carbocycles. The van der Waals surface area contributed by atoms with Crippen molar-refractivity contribution in [1.29, 1.82) is 0 Å². The van der Waals surface area contributed by atoms with Crippen LogP contribution in [0.2, 0.25) is 5.02 Å². The predicted molar refractivity (Wildman–Crippen MR) is 92.1 cm³/mol. The molecule has 1 N–H and O–H groups in total. The van der Waals surface area contributed by atoms with Crippen molar-refractivity contribution >= 4 is 17.8 Å². The van der Waals surface area contributed by atoms with E-state index in [9.17, 15) is 0 Å². The molecular weight excluding hydrogens is 314 g/mol. The Balaban J connectivity index is 2.35. The highest BCUT2D eigenvalue weighted by Crippen LogP contribution is 2.34. The van der Waals surface area contributed by atoms with Gasteiger partial charge in [0, 0.05) is 21.7 Å². The highest BCUT2D eigenvalue weighted by Gasteiger charge is 2.13. The summed E-state index contributed by atoms with van der Waals surface area (Å²) in [4.78, 5) is 0. The van der Waals surface area contributed by atoms with E-state index in [0.717, 1.165) is 11.1 Å². The van der Waals surface area contributed by atoms with Gasteiger partial charge in [0.1, 0.15) is 6.61 Å². The first-order valence-corrected chi connectivity index (χ1v) is 7.42. The molecule has 4 nitrogen and oxygen atoms in total. The Hall–Kier alpha value is -2.46. The van der Waals surface area contributed by atoms with Gasteiger partial charge in [-0.2, -0.15) is 0 Å². The molecule has 0 aliphatic carbocycles. The Kier molecular flexibility index (Phi) is 6.06. The molecule has 0 aliphatic rings. The van der Waals surface area contributed by atoms with E-state index in [1.807, 2.05) is 30.3 Å². The summed E-state index contributed by atoms with van der Waals surface area (Å²) in [7, 11) is 1.56. The van der Waals surface area contributed by atoms with Gasteiger partial charge in [0.15, 0.2) is 11.5 Å². The molecule has 2 aromatic carbocycles. The zero-order valence-corrected chi connectivity index (χ0v) is 13.6. The van der Waals surface area contributed by atoms with Crippen LogP contribution in [-0.4, -0.2) is 18.5 Å². The number of rotatable bonds is 7. The normalized spacial score (nSPS) is 10.7. The topological polar surface area (TPSA) is 51.1 Å². The summed E-state index contributed by atoms with van der Waals surface area (Å²) < 4.78 is 11.3. The van der Waals surface area contributed by atoms with Gasteiger partial charge in [-0.05, 0) is 24.6 Å². The fourth-order valence-corrected chi connectivity index (χ4v) is 2.40. The molecule has 0 aromatic heterocycles. The fourth-order valence-electron chi connectivity index (χ4n) is 2.21. The number of halogens is 1. The maximum absolute atomic E-state index is 8.72. The summed E-state index contributed by atoms with van der Waals surface area (Å²) >= 11 is 6.16. The van der Waals surface area contributed by atoms with Crippen molar-refractivity contribution < 1.29 is 14.7 Å². The van der Waals surface area contributed by atoms with E-state index in [4.69, 9.17) is 26.3 Å². The third-order valence-corrected chi connectivity index (χ3v) is 3.64. The van der Waals surface area contributed by atoms with Gasteiger partial charge in [-0.25, -0.2) is 0 Å². The second-order valence-electron chi connectivity index (χ2n) is 4.83. The van der Waals surface area contributed by atoms with Crippen LogP contribution in [0.15, 0.2) is 54.2 Å². The zero-order valence-electron chi connectivity index (χ0n) is 12.8. The molecule has 23 heavy (non-hydrogen) atoms. The lowest BCUT2D eigenvalue weighted by atomic mass is 10.1. The summed E-state index contributed by atoms with van der Waals surface area (Å²) in [5.74, 6) is 1.19. The van der Waals surface area contributed by atoms with E-state index in [-0.39, 0.29) is 0 Å². The number of nitrogens with zero attached hydrogens (tertiary/aromatic N) is 1. The lowest BCUT2D eigenvalue weighted by Crippen LogP contribution is -2.02. The highest BCUT2D eigenvalue weighted by atomic mass is 35.5. The Morgan fingerprint density at radius 2 is 2.04 bits per heavy atom. The quantitative estimate of drug-likeness (QED) is 0.352. The van der Waals surface area contributed by atoms with E-state index >= 15 is 0 Å². The van der Waals surface area contributed by atoms with E-state index in [1.54, 1.807) is 19.3 Å². The van der Waals surface area contributed by atoms with Gasteiger partial charge >= 0.3 is 0 Å². The van der Waals surface area contributed by atoms with Crippen LogP contribution in [-0.2, 0) is 13.0 Å². The molecule has 0 amide bonds. The molecule has 0 spiro atoms. The first-order chi connectivity index (χ1) is 11.2. The minimum atomic E-state index is 0.327. The molecule has 0 bridgehead atoms. The standard InChI is InChI=1S/C18H18ClNO3/c1-3-6-14-9-13(11-20-21)10-17(22-2)18(14)23-12-15-7-4-5-8-16(15)19/h3-5,7-11,21H,1,6,12H2,2H3/b20-11-. The van der Waals surface area contributed by atoms with Crippen molar-refractivity contribution in [1.82, 2.24) is 0 Å². The lowest BCUT2D eigenvalue weighted by Gasteiger charge is -2.16. The Bertz CT molecular complexity index is 713. The number of methoxy groups -OCH3 is 1. The summed E-state index contributed by atoms with van der Waals surface area (Å²) in [6.45, 7) is 4.09. The number of oxime groups is 1. The van der Waals surface area contributed by atoms with Crippen LogP contribution in [0.3, 0.4) is 0 Å². The first-order valence-electron chi connectivity index (χ1n) is 7.05. The molecule has 0 heterocycles. The van der Waals surface area contributed by atoms with Gasteiger partial charge in [0.2, 0.25) is 0 Å². The Labute approximate surface area is 140 Å². The third kappa shape index (κ3) is 4.27. The molecule has 0 aliphatic heterocycles. The largest absolute Gasteiger partial charge is 0.493 e. The molecule has 5 heteroatoms. The SMILES string of the molecule is C=CCc1cc(/C=N\O)cc(OC)c1OCc1ccccc1Cl. The molecular formula is C18H18ClNO3. The summed E-state index contributed by atoms with van der Waals surface area (Å²) in [5.41, 5.74) is 2.49. The lowest BCUT2D eigenvalue weighted by molar-refractivity contribution is 0.282. The van der Waals surface area contributed by atoms with E-state index < -0.39 is 0 Å². The minimum Gasteiger partial charge on any atom is -0.493 e. The molecule has 2 rings (SSSR count). The van der Waals surface area contributed by atoms with Crippen LogP contribution in [0.4, 0.5) is 0 Å². The molecule has 120 valence electrons. The smallest absolute Gasteiger partial charge is 0.165 e. The van der Waals surface area contributed by atoms with Gasteiger partial charge in [0.05, 0.1) is 13.3 Å². The van der Waals surface area contributed by atoms with Gasteiger partial charge in [-0.15, -0.1) is 6.58 Å². The van der Waals surface area contributed by atoms with E-state index in [0.29, 0.717) is 35.1 Å². The van der Waals surface area contributed by atoms with Gasteiger partial charge in [-0.3, -0.25) is 0 Å². The second-order valence-corrected chi connectivity index (χ2v) is 5.24. The second kappa shape index (κ2) is 8.25. The third-order valence-electron chi connectivity index (χ3n) is 3.27. The Morgan fingerprint density at radius 1 is 1.26 bits per heavy atom. The average Bonchev–Trinajstić information content (AvgIpc) is 2.55. The molecule has 0 radical (unpaired) electrons. The number of ether oxygens (including phenoxy) is 2. The predicted octanol–water partition coefficient (Wildman–Crippen LogP) is 4.46. The number of allylic oxidation sites excluding steroid dienone is 1. The van der Waals surface area contributed by atoms with E-state index in [2.05, 4.69) is 11.7 Å². The van der Waals surface area contributed by atoms with Crippen molar-refractivity contribution in [3.05, 3.63) is 70.8 Å². The van der Waals surface area contributed by atoms with Crippen LogP contribution in [0.5, 0.6) is 11.5 Å². The van der Waals surface area contributed by atoms with Crippen LogP contribution in [0.1, 0.15) is 16.7 Å². The van der Waals surface area contributed by atoms with Gasteiger partial charge in [0.25, 0.3) is 0 Å².